The first-order chi connectivity index (χ1) is 18.4. The number of nitrogens with zero attached hydrogens (tertiary/aromatic N) is 5. The van der Waals surface area contributed by atoms with Crippen molar-refractivity contribution in [3.8, 4) is 0 Å². The van der Waals surface area contributed by atoms with E-state index in [2.05, 4.69) is 30.2 Å². The summed E-state index contributed by atoms with van der Waals surface area (Å²) in [5.41, 5.74) is 9.05. The molecule has 2 fully saturated rings. The summed E-state index contributed by atoms with van der Waals surface area (Å²) in [5, 5.41) is 4.63. The Morgan fingerprint density at radius 3 is 2.71 bits per heavy atom. The molecule has 12 heteroatoms. The van der Waals surface area contributed by atoms with Crippen LogP contribution in [0.3, 0.4) is 0 Å². The van der Waals surface area contributed by atoms with Gasteiger partial charge in [0.15, 0.2) is 22.9 Å². The molecule has 4 heterocycles. The second-order valence-electron chi connectivity index (χ2n) is 10.4. The Morgan fingerprint density at radius 1 is 1.13 bits per heavy atom. The number of hydrogen-bond acceptors (Lipinski definition) is 8. The topological polar surface area (TPSA) is 109 Å². The van der Waals surface area contributed by atoms with Crippen LogP contribution < -0.4 is 16.0 Å². The predicted molar refractivity (Wildman–Crippen MR) is 143 cm³/mol. The lowest BCUT2D eigenvalue weighted by Crippen LogP contribution is -2.44. The monoisotopic (exact) mass is 554 g/mol. The highest BCUT2D eigenvalue weighted by atomic mass is 35.5. The standard InChI is InChI=1S/C26H25ClF2N8S/c27-20-18(3-6-31-22(20)33-14-1-2-14)38-19-12-32-23-24(34-19)36-25(35-23)37-7-4-26(5-8-37)11-13-9-16(28)17(29)10-15(13)21(26)30/h3,6,9-10,12,14,21H,1-2,4-5,7-8,11,30H2,(H,31,33)(H,32,34,35,36)/t21-/m1/s1. The molecule has 8 nitrogen and oxygen atoms in total. The van der Waals surface area contributed by atoms with Crippen molar-refractivity contribution in [3.05, 3.63) is 58.4 Å². The molecule has 7 rings (SSSR count). The Bertz CT molecular complexity index is 1550. The van der Waals surface area contributed by atoms with Gasteiger partial charge in [-0.2, -0.15) is 4.98 Å². The first-order valence-electron chi connectivity index (χ1n) is 12.7. The number of anilines is 2. The van der Waals surface area contributed by atoms with Crippen molar-refractivity contribution in [1.82, 2.24) is 24.9 Å². The average Bonchev–Trinajstić information content (AvgIpc) is 3.57. The third-order valence-electron chi connectivity index (χ3n) is 7.94. The van der Waals surface area contributed by atoms with Crippen molar-refractivity contribution >= 4 is 46.4 Å². The third-order valence-corrected chi connectivity index (χ3v) is 9.40. The van der Waals surface area contributed by atoms with E-state index < -0.39 is 11.6 Å². The molecule has 2 aliphatic carbocycles. The van der Waals surface area contributed by atoms with Crippen molar-refractivity contribution in [2.24, 2.45) is 11.1 Å². The zero-order valence-corrected chi connectivity index (χ0v) is 21.9. The lowest BCUT2D eigenvalue weighted by atomic mass is 9.73. The van der Waals surface area contributed by atoms with E-state index >= 15 is 0 Å². The van der Waals surface area contributed by atoms with E-state index in [4.69, 9.17) is 22.3 Å². The van der Waals surface area contributed by atoms with Gasteiger partial charge < -0.3 is 20.9 Å². The molecule has 3 aliphatic rings. The second-order valence-corrected chi connectivity index (χ2v) is 11.8. The van der Waals surface area contributed by atoms with Crippen molar-refractivity contribution in [1.29, 1.82) is 0 Å². The Labute approximate surface area is 226 Å². The molecule has 0 amide bonds. The number of piperidine rings is 1. The minimum Gasteiger partial charge on any atom is -0.366 e. The van der Waals surface area contributed by atoms with Crippen LogP contribution >= 0.6 is 23.4 Å². The van der Waals surface area contributed by atoms with Gasteiger partial charge in [-0.1, -0.05) is 23.4 Å². The van der Waals surface area contributed by atoms with E-state index in [9.17, 15) is 8.78 Å². The third kappa shape index (κ3) is 4.17. The number of aromatic nitrogens is 5. The molecule has 1 saturated heterocycles. The number of aromatic amines is 1. The molecule has 4 aromatic rings. The summed E-state index contributed by atoms with van der Waals surface area (Å²) in [6, 6.07) is 4.59. The quantitative estimate of drug-likeness (QED) is 0.307. The fourth-order valence-electron chi connectivity index (χ4n) is 5.62. The normalized spacial score (nSPS) is 20.3. The van der Waals surface area contributed by atoms with Crippen LogP contribution in [-0.4, -0.2) is 44.1 Å². The molecule has 4 N–H and O–H groups in total. The van der Waals surface area contributed by atoms with Crippen LogP contribution in [0.4, 0.5) is 20.5 Å². The number of benzene rings is 1. The van der Waals surface area contributed by atoms with Gasteiger partial charge in [0.05, 0.1) is 11.2 Å². The Hall–Kier alpha value is -3.02. The molecule has 3 aromatic heterocycles. The second kappa shape index (κ2) is 9.03. The largest absolute Gasteiger partial charge is 0.366 e. The van der Waals surface area contributed by atoms with Gasteiger partial charge in [-0.15, -0.1) is 0 Å². The summed E-state index contributed by atoms with van der Waals surface area (Å²) in [4.78, 5) is 24.6. The van der Waals surface area contributed by atoms with Gasteiger partial charge >= 0.3 is 0 Å². The number of halogens is 3. The van der Waals surface area contributed by atoms with E-state index in [1.54, 1.807) is 12.4 Å². The van der Waals surface area contributed by atoms with Crippen LogP contribution in [0.5, 0.6) is 0 Å². The molecule has 1 atom stereocenters. The molecule has 1 aromatic carbocycles. The average molecular weight is 555 g/mol. The highest BCUT2D eigenvalue weighted by Crippen LogP contribution is 2.51. The first kappa shape index (κ1) is 24.1. The molecule has 38 heavy (non-hydrogen) atoms. The smallest absolute Gasteiger partial charge is 0.206 e. The molecule has 1 saturated carbocycles. The summed E-state index contributed by atoms with van der Waals surface area (Å²) in [5.74, 6) is -0.252. The van der Waals surface area contributed by atoms with Crippen LogP contribution in [0, 0.1) is 17.0 Å². The number of rotatable bonds is 5. The molecule has 196 valence electrons. The fourth-order valence-corrected chi connectivity index (χ4v) is 6.69. The van der Waals surface area contributed by atoms with E-state index in [1.165, 1.54) is 23.9 Å². The Morgan fingerprint density at radius 2 is 1.92 bits per heavy atom. The summed E-state index contributed by atoms with van der Waals surface area (Å²) in [6.45, 7) is 1.44. The summed E-state index contributed by atoms with van der Waals surface area (Å²) < 4.78 is 27.7. The summed E-state index contributed by atoms with van der Waals surface area (Å²) in [6.07, 6.45) is 7.96. The lowest BCUT2D eigenvalue weighted by molar-refractivity contribution is 0.187. The van der Waals surface area contributed by atoms with Crippen molar-refractivity contribution in [2.45, 2.75) is 54.1 Å². The van der Waals surface area contributed by atoms with Crippen molar-refractivity contribution in [2.75, 3.05) is 23.3 Å². The van der Waals surface area contributed by atoms with Gasteiger partial charge in [0.2, 0.25) is 5.95 Å². The summed E-state index contributed by atoms with van der Waals surface area (Å²) in [7, 11) is 0. The van der Waals surface area contributed by atoms with E-state index in [-0.39, 0.29) is 11.5 Å². The van der Waals surface area contributed by atoms with Gasteiger partial charge in [-0.25, -0.2) is 23.7 Å². The number of nitrogens with two attached hydrogens (primary N) is 1. The van der Waals surface area contributed by atoms with E-state index in [1.807, 2.05) is 6.07 Å². The molecule has 0 radical (unpaired) electrons. The fraction of sp³-hybridized carbons (Fsp3) is 0.385. The molecular weight excluding hydrogens is 530 g/mol. The summed E-state index contributed by atoms with van der Waals surface area (Å²) >= 11 is 8.02. The van der Waals surface area contributed by atoms with Gasteiger partial charge in [0.1, 0.15) is 10.8 Å². The highest BCUT2D eigenvalue weighted by molar-refractivity contribution is 7.99. The van der Waals surface area contributed by atoms with Gasteiger partial charge in [0.25, 0.3) is 0 Å². The van der Waals surface area contributed by atoms with Crippen LogP contribution in [0.2, 0.25) is 5.02 Å². The minimum atomic E-state index is -0.838. The Kier molecular flexibility index (Phi) is 5.71. The van der Waals surface area contributed by atoms with E-state index in [0.29, 0.717) is 45.6 Å². The van der Waals surface area contributed by atoms with Crippen LogP contribution in [0.15, 0.2) is 40.5 Å². The number of nitrogens with one attached hydrogen (secondary N) is 2. The molecule has 0 unspecified atom stereocenters. The van der Waals surface area contributed by atoms with Crippen LogP contribution in [0.25, 0.3) is 11.3 Å². The maximum Gasteiger partial charge on any atom is 0.206 e. The highest BCUT2D eigenvalue weighted by Gasteiger charge is 2.46. The SMILES string of the molecule is N[C@@H]1c2cc(F)c(F)cc2CC12CCN(c1nc3ncc(Sc4ccnc(NC5CC5)c4Cl)nc3[nH]1)CC2. The Balaban J connectivity index is 1.06. The van der Waals surface area contributed by atoms with Crippen LogP contribution in [-0.2, 0) is 6.42 Å². The first-order valence-corrected chi connectivity index (χ1v) is 13.9. The van der Waals surface area contributed by atoms with Gasteiger partial charge in [-0.3, -0.25) is 0 Å². The maximum absolute atomic E-state index is 13.8. The van der Waals surface area contributed by atoms with Crippen molar-refractivity contribution in [3.63, 3.8) is 0 Å². The zero-order chi connectivity index (χ0) is 26.0. The predicted octanol–water partition coefficient (Wildman–Crippen LogP) is 5.25. The number of hydrogen-bond donors (Lipinski definition) is 3. The lowest BCUT2D eigenvalue weighted by Gasteiger charge is -2.42. The number of imidazole rings is 1. The molecule has 1 aliphatic heterocycles. The number of fused-ring (bicyclic) bond motifs is 2. The van der Waals surface area contributed by atoms with Crippen molar-refractivity contribution < 1.29 is 8.78 Å². The molecule has 0 bridgehead atoms. The number of pyridine rings is 1. The number of H-pyrrole nitrogens is 1. The van der Waals surface area contributed by atoms with Gasteiger partial charge in [-0.05, 0) is 66.8 Å². The maximum atomic E-state index is 13.8. The zero-order valence-electron chi connectivity index (χ0n) is 20.3. The minimum absolute atomic E-state index is 0.206. The van der Waals surface area contributed by atoms with E-state index in [0.717, 1.165) is 54.8 Å². The molecular formula is C26H25ClF2N8S. The molecule has 1 spiro atoms. The van der Waals surface area contributed by atoms with Crippen LogP contribution in [0.1, 0.15) is 42.9 Å². The van der Waals surface area contributed by atoms with Gasteiger partial charge in [0, 0.05) is 36.3 Å².